The summed E-state index contributed by atoms with van der Waals surface area (Å²) in [5, 5.41) is 8.77. The van der Waals surface area contributed by atoms with Crippen molar-refractivity contribution in [3.8, 4) is 6.07 Å². The largest absolute Gasteiger partial charge is 0.416 e. The number of aryl methyl sites for hydroxylation is 1. The van der Waals surface area contributed by atoms with Gasteiger partial charge in [0.05, 0.1) is 11.6 Å². The highest BCUT2D eigenvalue weighted by Crippen LogP contribution is 2.28. The van der Waals surface area contributed by atoms with Crippen molar-refractivity contribution in [1.82, 2.24) is 0 Å². The first-order valence-corrected chi connectivity index (χ1v) is 8.19. The average molecular weight is 337 g/mol. The van der Waals surface area contributed by atoms with Crippen LogP contribution in [0.15, 0.2) is 47.6 Å². The van der Waals surface area contributed by atoms with Gasteiger partial charge in [-0.1, -0.05) is 57.5 Å². The molecule has 0 aliphatic heterocycles. The van der Waals surface area contributed by atoms with Crippen LogP contribution in [0.4, 0.5) is 13.2 Å². The van der Waals surface area contributed by atoms with Crippen LogP contribution in [0.2, 0.25) is 0 Å². The molecule has 1 nitrogen and oxygen atoms in total. The van der Waals surface area contributed by atoms with Gasteiger partial charge in [-0.3, -0.25) is 0 Å². The van der Waals surface area contributed by atoms with Gasteiger partial charge in [0.1, 0.15) is 0 Å². The van der Waals surface area contributed by atoms with E-state index in [1.165, 1.54) is 17.7 Å². The Morgan fingerprint density at radius 3 is 2.00 bits per heavy atom. The van der Waals surface area contributed by atoms with Gasteiger partial charge in [0.25, 0.3) is 0 Å². The van der Waals surface area contributed by atoms with E-state index in [0.29, 0.717) is 5.92 Å². The van der Waals surface area contributed by atoms with E-state index in [4.69, 9.17) is 5.26 Å². The molecule has 0 N–H and O–H groups in total. The van der Waals surface area contributed by atoms with Gasteiger partial charge in [-0.25, -0.2) is 0 Å². The van der Waals surface area contributed by atoms with Crippen molar-refractivity contribution < 1.29 is 13.2 Å². The van der Waals surface area contributed by atoms with Gasteiger partial charge in [-0.05, 0) is 43.4 Å². The maximum atomic E-state index is 11.9. The standard InChI is InChI=1S/C10H13N.C8H7F3.C2H6/c1-8(2)10-6-4-3-5-9(10)7-11;1-6-2-4-7(5-3-6)8(9,10)11;1-2/h4,6,8H,3,5H2,1-2H3;2-5H,1H3;1-2H3. The summed E-state index contributed by atoms with van der Waals surface area (Å²) in [6, 6.07) is 7.32. The summed E-state index contributed by atoms with van der Waals surface area (Å²) in [5.41, 5.74) is 2.43. The molecule has 1 aromatic carbocycles. The van der Waals surface area contributed by atoms with Crippen LogP contribution in [-0.2, 0) is 6.18 Å². The van der Waals surface area contributed by atoms with Crippen LogP contribution in [0.3, 0.4) is 0 Å². The van der Waals surface area contributed by atoms with Crippen LogP contribution in [0.25, 0.3) is 0 Å². The first-order valence-electron chi connectivity index (χ1n) is 8.19. The van der Waals surface area contributed by atoms with E-state index in [-0.39, 0.29) is 0 Å². The normalized spacial score (nSPS) is 13.5. The summed E-state index contributed by atoms with van der Waals surface area (Å²) >= 11 is 0. The molecule has 2 rings (SSSR count). The minimum absolute atomic E-state index is 0.487. The van der Waals surface area contributed by atoms with Crippen LogP contribution in [0.5, 0.6) is 0 Å². The van der Waals surface area contributed by atoms with Crippen LogP contribution in [0, 0.1) is 24.2 Å². The van der Waals surface area contributed by atoms with Gasteiger partial charge in [0, 0.05) is 5.57 Å². The zero-order valence-electron chi connectivity index (χ0n) is 15.0. The lowest BCUT2D eigenvalue weighted by Gasteiger charge is -2.13. The van der Waals surface area contributed by atoms with E-state index >= 15 is 0 Å². The fourth-order valence-corrected chi connectivity index (χ4v) is 2.09. The SMILES string of the molecule is CC.CC(C)C1=C(C#N)CCC=C1.Cc1ccc(C(F)(F)F)cc1. The number of hydrogen-bond acceptors (Lipinski definition) is 1. The molecular weight excluding hydrogens is 311 g/mol. The third-order valence-corrected chi connectivity index (χ3v) is 3.34. The molecule has 1 aliphatic carbocycles. The number of rotatable bonds is 1. The molecule has 1 aliphatic rings. The fourth-order valence-electron chi connectivity index (χ4n) is 2.09. The quantitative estimate of drug-likeness (QED) is 0.549. The molecule has 0 aromatic heterocycles. The van der Waals surface area contributed by atoms with Crippen LogP contribution in [0.1, 0.15) is 51.7 Å². The molecule has 0 saturated heterocycles. The smallest absolute Gasteiger partial charge is 0.193 e. The Morgan fingerprint density at radius 1 is 1.08 bits per heavy atom. The van der Waals surface area contributed by atoms with Crippen molar-refractivity contribution in [2.24, 2.45) is 5.92 Å². The maximum absolute atomic E-state index is 11.9. The fraction of sp³-hybridized carbons (Fsp3) is 0.450. The maximum Gasteiger partial charge on any atom is 0.416 e. The van der Waals surface area contributed by atoms with Crippen LogP contribution in [-0.4, -0.2) is 0 Å². The first-order chi connectivity index (χ1) is 11.3. The minimum atomic E-state index is -4.21. The number of alkyl halides is 3. The highest BCUT2D eigenvalue weighted by atomic mass is 19.4. The molecule has 24 heavy (non-hydrogen) atoms. The average Bonchev–Trinajstić information content (AvgIpc) is 2.56. The van der Waals surface area contributed by atoms with Gasteiger partial charge >= 0.3 is 6.18 Å². The zero-order chi connectivity index (χ0) is 18.8. The Morgan fingerprint density at radius 2 is 1.62 bits per heavy atom. The first kappa shape index (κ1) is 22.0. The van der Waals surface area contributed by atoms with Crippen molar-refractivity contribution >= 4 is 0 Å². The molecule has 0 amide bonds. The van der Waals surface area contributed by atoms with Crippen LogP contribution < -0.4 is 0 Å². The van der Waals surface area contributed by atoms with Crippen molar-refractivity contribution in [1.29, 1.82) is 5.26 Å². The minimum Gasteiger partial charge on any atom is -0.193 e. The molecule has 0 unspecified atom stereocenters. The van der Waals surface area contributed by atoms with Crippen molar-refractivity contribution in [3.63, 3.8) is 0 Å². The van der Waals surface area contributed by atoms with Gasteiger partial charge in [0.2, 0.25) is 0 Å². The van der Waals surface area contributed by atoms with Gasteiger partial charge in [-0.15, -0.1) is 0 Å². The predicted octanol–water partition coefficient (Wildman–Crippen LogP) is 6.85. The van der Waals surface area contributed by atoms with Gasteiger partial charge in [0.15, 0.2) is 0 Å². The number of hydrogen-bond donors (Lipinski definition) is 0. The Balaban J connectivity index is 0.000000400. The number of benzene rings is 1. The lowest BCUT2D eigenvalue weighted by molar-refractivity contribution is -0.137. The van der Waals surface area contributed by atoms with E-state index in [1.807, 2.05) is 13.8 Å². The molecule has 0 heterocycles. The Hall–Kier alpha value is -2.02. The molecule has 0 spiro atoms. The second-order valence-corrected chi connectivity index (χ2v) is 5.51. The van der Waals surface area contributed by atoms with Gasteiger partial charge < -0.3 is 0 Å². The summed E-state index contributed by atoms with van der Waals surface area (Å²) in [4.78, 5) is 0. The summed E-state index contributed by atoms with van der Waals surface area (Å²) in [5.74, 6) is 0.487. The molecule has 1 aromatic rings. The summed E-state index contributed by atoms with van der Waals surface area (Å²) < 4.78 is 35.8. The second-order valence-electron chi connectivity index (χ2n) is 5.51. The highest BCUT2D eigenvalue weighted by molar-refractivity contribution is 5.38. The summed E-state index contributed by atoms with van der Waals surface area (Å²) in [7, 11) is 0. The van der Waals surface area contributed by atoms with E-state index in [9.17, 15) is 13.2 Å². The zero-order valence-corrected chi connectivity index (χ0v) is 15.0. The van der Waals surface area contributed by atoms with E-state index in [1.54, 1.807) is 6.92 Å². The summed E-state index contributed by atoms with van der Waals surface area (Å²) in [6.45, 7) is 10.0. The van der Waals surface area contributed by atoms with Gasteiger partial charge in [-0.2, -0.15) is 18.4 Å². The van der Waals surface area contributed by atoms with Crippen molar-refractivity contribution in [2.45, 2.75) is 53.6 Å². The monoisotopic (exact) mass is 337 g/mol. The molecule has 0 radical (unpaired) electrons. The Labute approximate surface area is 143 Å². The third kappa shape index (κ3) is 7.50. The van der Waals surface area contributed by atoms with E-state index in [0.717, 1.165) is 36.1 Å². The van der Waals surface area contributed by atoms with E-state index < -0.39 is 11.7 Å². The van der Waals surface area contributed by atoms with Crippen molar-refractivity contribution in [3.05, 3.63) is 58.7 Å². The molecule has 0 saturated carbocycles. The van der Waals surface area contributed by atoms with E-state index in [2.05, 4.69) is 32.1 Å². The molecular formula is C20H26F3N. The lowest BCUT2D eigenvalue weighted by atomic mass is 9.91. The second kappa shape index (κ2) is 10.7. The lowest BCUT2D eigenvalue weighted by Crippen LogP contribution is -2.03. The highest BCUT2D eigenvalue weighted by Gasteiger charge is 2.29. The van der Waals surface area contributed by atoms with Crippen LogP contribution >= 0.6 is 0 Å². The number of allylic oxidation sites excluding steroid dienone is 4. The number of nitrogens with zero attached hydrogens (tertiary/aromatic N) is 1. The topological polar surface area (TPSA) is 23.8 Å². The Kier molecular flexibility index (Phi) is 9.80. The molecule has 132 valence electrons. The van der Waals surface area contributed by atoms with Crippen molar-refractivity contribution in [2.75, 3.05) is 0 Å². The number of halogens is 3. The Bertz CT molecular complexity index is 585. The number of nitriles is 1. The predicted molar refractivity (Wildman–Crippen MR) is 93.4 cm³/mol. The molecule has 0 fully saturated rings. The molecule has 0 atom stereocenters. The molecule has 0 bridgehead atoms. The molecule has 4 heteroatoms. The summed E-state index contributed by atoms with van der Waals surface area (Å²) in [6.07, 6.45) is 1.98. The third-order valence-electron chi connectivity index (χ3n) is 3.34.